The Morgan fingerprint density at radius 1 is 1.15 bits per heavy atom. The molecule has 3 heteroatoms. The maximum Gasteiger partial charge on any atom is 0.0687 e. The molecule has 0 amide bonds. The van der Waals surface area contributed by atoms with Gasteiger partial charge < -0.3 is 15.5 Å². The molecular formula is C10H23NO2. The van der Waals surface area contributed by atoms with E-state index in [2.05, 4.69) is 5.32 Å². The fraction of sp³-hybridized carbons (Fsp3) is 1.00. The van der Waals surface area contributed by atoms with Crippen LogP contribution >= 0.6 is 0 Å². The fourth-order valence-electron chi connectivity index (χ4n) is 1.02. The predicted molar refractivity (Wildman–Crippen MR) is 54.7 cm³/mol. The molecule has 0 saturated heterocycles. The van der Waals surface area contributed by atoms with Gasteiger partial charge in [0.15, 0.2) is 0 Å². The van der Waals surface area contributed by atoms with Gasteiger partial charge in [-0.2, -0.15) is 0 Å². The molecule has 0 rings (SSSR count). The van der Waals surface area contributed by atoms with Crippen LogP contribution in [0.2, 0.25) is 0 Å². The Morgan fingerprint density at radius 3 is 2.38 bits per heavy atom. The number of unbranched alkanes of at least 4 members (excludes halogenated alkanes) is 2. The van der Waals surface area contributed by atoms with Gasteiger partial charge in [-0.15, -0.1) is 0 Å². The molecule has 0 fully saturated rings. The predicted octanol–water partition coefficient (Wildman–Crippen LogP) is 0.755. The largest absolute Gasteiger partial charge is 0.396 e. The molecular weight excluding hydrogens is 166 g/mol. The van der Waals surface area contributed by atoms with Gasteiger partial charge in [-0.3, -0.25) is 0 Å². The van der Waals surface area contributed by atoms with Gasteiger partial charge in [0, 0.05) is 13.2 Å². The van der Waals surface area contributed by atoms with Gasteiger partial charge in [-0.05, 0) is 31.7 Å². The topological polar surface area (TPSA) is 52.5 Å². The van der Waals surface area contributed by atoms with Crippen molar-refractivity contribution < 1.29 is 10.2 Å². The Balaban J connectivity index is 3.07. The number of hydrogen-bond acceptors (Lipinski definition) is 3. The SMILES string of the molecule is CC(C)C(O)CNCCCCCO. The molecule has 0 bridgehead atoms. The van der Waals surface area contributed by atoms with Crippen molar-refractivity contribution in [3.05, 3.63) is 0 Å². The molecule has 3 N–H and O–H groups in total. The lowest BCUT2D eigenvalue weighted by molar-refractivity contribution is 0.123. The van der Waals surface area contributed by atoms with Gasteiger partial charge >= 0.3 is 0 Å². The highest BCUT2D eigenvalue weighted by Gasteiger charge is 2.06. The van der Waals surface area contributed by atoms with E-state index < -0.39 is 0 Å². The standard InChI is InChI=1S/C10H23NO2/c1-9(2)10(13)8-11-6-4-3-5-7-12/h9-13H,3-8H2,1-2H3. The van der Waals surface area contributed by atoms with E-state index in [1.165, 1.54) is 0 Å². The van der Waals surface area contributed by atoms with Gasteiger partial charge in [-0.25, -0.2) is 0 Å². The fourth-order valence-corrected chi connectivity index (χ4v) is 1.02. The van der Waals surface area contributed by atoms with Gasteiger partial charge in [0.2, 0.25) is 0 Å². The summed E-state index contributed by atoms with van der Waals surface area (Å²) in [5, 5.41) is 21.1. The summed E-state index contributed by atoms with van der Waals surface area (Å²) in [5.74, 6) is 0.324. The Bertz CT molecular complexity index is 107. The monoisotopic (exact) mass is 189 g/mol. The third-order valence-electron chi connectivity index (χ3n) is 2.13. The zero-order chi connectivity index (χ0) is 10.1. The number of rotatable bonds is 8. The molecule has 1 unspecified atom stereocenters. The lowest BCUT2D eigenvalue weighted by Gasteiger charge is -2.14. The molecule has 0 aliphatic heterocycles. The minimum absolute atomic E-state index is 0.238. The lowest BCUT2D eigenvalue weighted by atomic mass is 10.1. The molecule has 0 radical (unpaired) electrons. The van der Waals surface area contributed by atoms with E-state index in [0.717, 1.165) is 25.8 Å². The zero-order valence-electron chi connectivity index (χ0n) is 8.79. The second-order valence-corrected chi connectivity index (χ2v) is 3.80. The van der Waals surface area contributed by atoms with Crippen molar-refractivity contribution in [2.24, 2.45) is 5.92 Å². The second-order valence-electron chi connectivity index (χ2n) is 3.80. The van der Waals surface area contributed by atoms with Crippen LogP contribution in [0, 0.1) is 5.92 Å². The first-order chi connectivity index (χ1) is 6.18. The molecule has 0 aromatic carbocycles. The number of nitrogens with one attached hydrogen (secondary N) is 1. The van der Waals surface area contributed by atoms with E-state index in [0.29, 0.717) is 12.5 Å². The van der Waals surface area contributed by atoms with E-state index in [4.69, 9.17) is 5.11 Å². The summed E-state index contributed by atoms with van der Waals surface area (Å²) in [4.78, 5) is 0. The summed E-state index contributed by atoms with van der Waals surface area (Å²) in [6, 6.07) is 0. The highest BCUT2D eigenvalue weighted by atomic mass is 16.3. The summed E-state index contributed by atoms with van der Waals surface area (Å²) in [7, 11) is 0. The Kier molecular flexibility index (Phi) is 8.40. The van der Waals surface area contributed by atoms with E-state index in [9.17, 15) is 5.11 Å². The molecule has 3 nitrogen and oxygen atoms in total. The van der Waals surface area contributed by atoms with Gasteiger partial charge in [0.05, 0.1) is 6.10 Å². The van der Waals surface area contributed by atoms with Crippen LogP contribution in [0.3, 0.4) is 0 Å². The smallest absolute Gasteiger partial charge is 0.0687 e. The first-order valence-electron chi connectivity index (χ1n) is 5.18. The third-order valence-corrected chi connectivity index (χ3v) is 2.13. The second kappa shape index (κ2) is 8.48. The van der Waals surface area contributed by atoms with Crippen LogP contribution in [0.15, 0.2) is 0 Å². The first-order valence-corrected chi connectivity index (χ1v) is 5.18. The third kappa shape index (κ3) is 8.22. The average Bonchev–Trinajstić information content (AvgIpc) is 2.10. The molecule has 0 aromatic rings. The molecule has 0 spiro atoms. The number of aliphatic hydroxyl groups excluding tert-OH is 2. The van der Waals surface area contributed by atoms with Crippen LogP contribution in [0.5, 0.6) is 0 Å². The minimum Gasteiger partial charge on any atom is -0.396 e. The van der Waals surface area contributed by atoms with Crippen molar-refractivity contribution in [2.75, 3.05) is 19.7 Å². The highest BCUT2D eigenvalue weighted by molar-refractivity contribution is 4.62. The van der Waals surface area contributed by atoms with E-state index in [1.54, 1.807) is 0 Å². The van der Waals surface area contributed by atoms with Gasteiger partial charge in [0.1, 0.15) is 0 Å². The summed E-state index contributed by atoms with van der Waals surface area (Å²) in [6.45, 7) is 5.92. The molecule has 13 heavy (non-hydrogen) atoms. The highest BCUT2D eigenvalue weighted by Crippen LogP contribution is 1.99. The van der Waals surface area contributed by atoms with Crippen LogP contribution < -0.4 is 5.32 Å². The minimum atomic E-state index is -0.238. The van der Waals surface area contributed by atoms with Crippen LogP contribution in [-0.4, -0.2) is 36.0 Å². The molecule has 0 saturated carbocycles. The van der Waals surface area contributed by atoms with Crippen molar-refractivity contribution in [1.29, 1.82) is 0 Å². The maximum atomic E-state index is 9.43. The number of aliphatic hydroxyl groups is 2. The van der Waals surface area contributed by atoms with Gasteiger partial charge in [0.25, 0.3) is 0 Å². The van der Waals surface area contributed by atoms with E-state index in [-0.39, 0.29) is 12.7 Å². The number of hydrogen-bond donors (Lipinski definition) is 3. The molecule has 0 heterocycles. The Hall–Kier alpha value is -0.120. The van der Waals surface area contributed by atoms with E-state index >= 15 is 0 Å². The summed E-state index contributed by atoms with van der Waals surface area (Å²) >= 11 is 0. The normalized spacial score (nSPS) is 13.6. The lowest BCUT2D eigenvalue weighted by Crippen LogP contribution is -2.31. The van der Waals surface area contributed by atoms with Crippen molar-refractivity contribution in [3.63, 3.8) is 0 Å². The van der Waals surface area contributed by atoms with Crippen LogP contribution in [-0.2, 0) is 0 Å². The molecule has 0 aromatic heterocycles. The van der Waals surface area contributed by atoms with Crippen LogP contribution in [0.25, 0.3) is 0 Å². The van der Waals surface area contributed by atoms with Crippen molar-refractivity contribution in [2.45, 2.75) is 39.2 Å². The van der Waals surface area contributed by atoms with E-state index in [1.807, 2.05) is 13.8 Å². The first kappa shape index (κ1) is 12.9. The van der Waals surface area contributed by atoms with Crippen LogP contribution in [0.4, 0.5) is 0 Å². The van der Waals surface area contributed by atoms with Gasteiger partial charge in [-0.1, -0.05) is 13.8 Å². The summed E-state index contributed by atoms with van der Waals surface area (Å²) in [6.07, 6.45) is 2.78. The van der Waals surface area contributed by atoms with Crippen molar-refractivity contribution in [3.8, 4) is 0 Å². The Morgan fingerprint density at radius 2 is 1.85 bits per heavy atom. The molecule has 1 atom stereocenters. The zero-order valence-corrected chi connectivity index (χ0v) is 8.79. The molecule has 80 valence electrons. The quantitative estimate of drug-likeness (QED) is 0.494. The molecule has 0 aliphatic rings. The van der Waals surface area contributed by atoms with Crippen molar-refractivity contribution in [1.82, 2.24) is 5.32 Å². The summed E-state index contributed by atoms with van der Waals surface area (Å²) < 4.78 is 0. The Labute approximate surface area is 81.2 Å². The average molecular weight is 189 g/mol. The van der Waals surface area contributed by atoms with Crippen LogP contribution in [0.1, 0.15) is 33.1 Å². The van der Waals surface area contributed by atoms with Crippen molar-refractivity contribution >= 4 is 0 Å². The maximum absolute atomic E-state index is 9.43. The summed E-state index contributed by atoms with van der Waals surface area (Å²) in [5.41, 5.74) is 0. The molecule has 0 aliphatic carbocycles.